The van der Waals surface area contributed by atoms with Crippen LogP contribution in [-0.2, 0) is 11.8 Å². The van der Waals surface area contributed by atoms with Gasteiger partial charge >= 0.3 is 0 Å². The van der Waals surface area contributed by atoms with Gasteiger partial charge in [0.15, 0.2) is 5.16 Å². The summed E-state index contributed by atoms with van der Waals surface area (Å²) >= 11 is 1.31. The van der Waals surface area contributed by atoms with E-state index >= 15 is 0 Å². The smallest absolute Gasteiger partial charge is 0.251 e. The largest absolute Gasteiger partial charge is 0.346 e. The highest BCUT2D eigenvalue weighted by Gasteiger charge is 2.13. The molecule has 2 amide bonds. The first-order chi connectivity index (χ1) is 16.5. The van der Waals surface area contributed by atoms with Gasteiger partial charge in [0.2, 0.25) is 5.91 Å². The van der Waals surface area contributed by atoms with Gasteiger partial charge in [-0.2, -0.15) is 0 Å². The number of thioether (sulfide) groups is 1. The molecule has 4 rings (SSSR count). The summed E-state index contributed by atoms with van der Waals surface area (Å²) in [7, 11) is 1.82. The van der Waals surface area contributed by atoms with Crippen molar-refractivity contribution in [2.45, 2.75) is 18.1 Å². The van der Waals surface area contributed by atoms with E-state index in [1.807, 2.05) is 44.3 Å². The average Bonchev–Trinajstić information content (AvgIpc) is 3.28. The number of aromatic nitrogens is 3. The molecule has 0 radical (unpaired) electrons. The van der Waals surface area contributed by atoms with E-state index in [0.717, 1.165) is 16.7 Å². The molecule has 1 heterocycles. The second-order valence-electron chi connectivity index (χ2n) is 7.82. The van der Waals surface area contributed by atoms with E-state index in [4.69, 9.17) is 0 Å². The third-order valence-corrected chi connectivity index (χ3v) is 6.33. The van der Waals surface area contributed by atoms with Crippen LogP contribution < -0.4 is 10.6 Å². The van der Waals surface area contributed by atoms with Gasteiger partial charge in [0.25, 0.3) is 5.91 Å². The quantitative estimate of drug-likeness (QED) is 0.364. The minimum absolute atomic E-state index is 0.144. The van der Waals surface area contributed by atoms with Gasteiger partial charge in [-0.15, -0.1) is 10.2 Å². The fourth-order valence-electron chi connectivity index (χ4n) is 3.39. The molecule has 2 N–H and O–H groups in total. The summed E-state index contributed by atoms with van der Waals surface area (Å²) in [6.07, 6.45) is 1.59. The van der Waals surface area contributed by atoms with Crippen molar-refractivity contribution in [3.8, 4) is 11.1 Å². The zero-order valence-electron chi connectivity index (χ0n) is 18.9. The van der Waals surface area contributed by atoms with Crippen molar-refractivity contribution in [2.75, 3.05) is 11.1 Å². The summed E-state index contributed by atoms with van der Waals surface area (Å²) in [4.78, 5) is 24.9. The van der Waals surface area contributed by atoms with Gasteiger partial charge < -0.3 is 15.2 Å². The summed E-state index contributed by atoms with van der Waals surface area (Å²) in [5, 5.41) is 14.3. The van der Waals surface area contributed by atoms with Crippen LogP contribution in [0, 0.1) is 0 Å². The minimum atomic E-state index is -0.171. The fraction of sp³-hybridized carbons (Fsp3) is 0.154. The maximum Gasteiger partial charge on any atom is 0.251 e. The number of hydrogen-bond acceptors (Lipinski definition) is 5. The summed E-state index contributed by atoms with van der Waals surface area (Å²) in [6.45, 7) is 1.96. The summed E-state index contributed by atoms with van der Waals surface area (Å²) in [5.41, 5.74) is 4.47. The van der Waals surface area contributed by atoms with Crippen LogP contribution in [0.1, 0.15) is 28.9 Å². The van der Waals surface area contributed by atoms with E-state index in [-0.39, 0.29) is 23.6 Å². The normalized spacial score (nSPS) is 11.6. The van der Waals surface area contributed by atoms with Crippen LogP contribution in [-0.4, -0.2) is 32.3 Å². The molecule has 3 aromatic carbocycles. The summed E-state index contributed by atoms with van der Waals surface area (Å²) < 4.78 is 1.75. The maximum atomic E-state index is 12.7. The topological polar surface area (TPSA) is 88.9 Å². The molecule has 0 saturated heterocycles. The molecule has 34 heavy (non-hydrogen) atoms. The zero-order chi connectivity index (χ0) is 23.9. The van der Waals surface area contributed by atoms with Crippen LogP contribution in [0.25, 0.3) is 11.1 Å². The minimum Gasteiger partial charge on any atom is -0.346 e. The maximum absolute atomic E-state index is 12.7. The number of anilines is 1. The van der Waals surface area contributed by atoms with E-state index in [1.54, 1.807) is 35.2 Å². The summed E-state index contributed by atoms with van der Waals surface area (Å²) in [6, 6.07) is 25.1. The van der Waals surface area contributed by atoms with Crippen molar-refractivity contribution in [3.05, 3.63) is 96.3 Å². The van der Waals surface area contributed by atoms with Crippen LogP contribution in [0.2, 0.25) is 0 Å². The molecule has 8 heteroatoms. The van der Waals surface area contributed by atoms with Crippen LogP contribution in [0.5, 0.6) is 0 Å². The molecule has 0 aliphatic carbocycles. The highest BCUT2D eigenvalue weighted by molar-refractivity contribution is 7.99. The number of nitrogens with one attached hydrogen (secondary N) is 2. The third-order valence-electron chi connectivity index (χ3n) is 5.30. The Balaban J connectivity index is 1.30. The number of nitrogens with zero attached hydrogens (tertiary/aromatic N) is 3. The molecule has 0 bridgehead atoms. The molecule has 0 fully saturated rings. The van der Waals surface area contributed by atoms with Crippen molar-refractivity contribution in [1.29, 1.82) is 0 Å². The number of benzene rings is 3. The van der Waals surface area contributed by atoms with E-state index in [9.17, 15) is 9.59 Å². The molecular formula is C26H25N5O2S. The van der Waals surface area contributed by atoms with Gasteiger partial charge in [-0.25, -0.2) is 0 Å². The molecule has 1 aromatic heterocycles. The van der Waals surface area contributed by atoms with E-state index < -0.39 is 0 Å². The second kappa shape index (κ2) is 10.8. The average molecular weight is 472 g/mol. The molecule has 0 aliphatic heterocycles. The molecular weight excluding hydrogens is 446 g/mol. The molecule has 1 unspecified atom stereocenters. The number of carbonyl (C=O) groups is 2. The Hall–Kier alpha value is -3.91. The number of rotatable bonds is 8. The van der Waals surface area contributed by atoms with Crippen molar-refractivity contribution in [1.82, 2.24) is 20.1 Å². The third kappa shape index (κ3) is 5.90. The number of aryl methyl sites for hydroxylation is 1. The lowest BCUT2D eigenvalue weighted by molar-refractivity contribution is -0.113. The predicted octanol–water partition coefficient (Wildman–Crippen LogP) is 4.70. The zero-order valence-corrected chi connectivity index (χ0v) is 19.8. The first-order valence-electron chi connectivity index (χ1n) is 10.8. The van der Waals surface area contributed by atoms with Crippen LogP contribution in [0.15, 0.2) is 90.3 Å². The Kier molecular flexibility index (Phi) is 7.39. The van der Waals surface area contributed by atoms with Crippen LogP contribution in [0.4, 0.5) is 5.69 Å². The SMILES string of the molecule is CC(NC(=O)c1ccc(NC(=O)CSc2nncn2C)cc1)c1ccc(-c2ccccc2)cc1. The van der Waals surface area contributed by atoms with Crippen molar-refractivity contribution < 1.29 is 9.59 Å². The standard InChI is InChI=1S/C26H25N5O2S/c1-18(19-8-10-21(11-9-19)20-6-4-3-5-7-20)28-25(33)22-12-14-23(15-13-22)29-24(32)16-34-26-30-27-17-31(26)2/h3-15,17-18H,16H2,1-2H3,(H,28,33)(H,29,32). The molecule has 1 atom stereocenters. The van der Waals surface area contributed by atoms with Crippen molar-refractivity contribution >= 4 is 29.3 Å². The predicted molar refractivity (Wildman–Crippen MR) is 135 cm³/mol. The number of carbonyl (C=O) groups excluding carboxylic acids is 2. The van der Waals surface area contributed by atoms with Gasteiger partial charge in [-0.05, 0) is 47.9 Å². The highest BCUT2D eigenvalue weighted by Crippen LogP contribution is 2.22. The van der Waals surface area contributed by atoms with Gasteiger partial charge in [0, 0.05) is 18.3 Å². The first kappa shape index (κ1) is 23.3. The Morgan fingerprint density at radius 3 is 2.26 bits per heavy atom. The van der Waals surface area contributed by atoms with Gasteiger partial charge in [-0.3, -0.25) is 9.59 Å². The van der Waals surface area contributed by atoms with Crippen molar-refractivity contribution in [2.24, 2.45) is 7.05 Å². The molecule has 0 spiro atoms. The van der Waals surface area contributed by atoms with Crippen LogP contribution in [0.3, 0.4) is 0 Å². The molecule has 7 nitrogen and oxygen atoms in total. The van der Waals surface area contributed by atoms with Crippen molar-refractivity contribution in [3.63, 3.8) is 0 Å². The Morgan fingerprint density at radius 2 is 1.62 bits per heavy atom. The monoisotopic (exact) mass is 471 g/mol. The number of amides is 2. The van der Waals surface area contributed by atoms with E-state index in [1.165, 1.54) is 11.8 Å². The number of hydrogen-bond donors (Lipinski definition) is 2. The molecule has 0 aliphatic rings. The lowest BCUT2D eigenvalue weighted by atomic mass is 10.0. The Bertz CT molecular complexity index is 1250. The lowest BCUT2D eigenvalue weighted by Gasteiger charge is -2.15. The molecule has 172 valence electrons. The molecule has 0 saturated carbocycles. The Labute approximate surface area is 202 Å². The van der Waals surface area contributed by atoms with Gasteiger partial charge in [0.05, 0.1) is 11.8 Å². The van der Waals surface area contributed by atoms with E-state index in [2.05, 4.69) is 45.1 Å². The lowest BCUT2D eigenvalue weighted by Crippen LogP contribution is -2.26. The second-order valence-corrected chi connectivity index (χ2v) is 8.76. The summed E-state index contributed by atoms with van der Waals surface area (Å²) in [5.74, 6) is -0.108. The van der Waals surface area contributed by atoms with Gasteiger partial charge in [-0.1, -0.05) is 66.4 Å². The van der Waals surface area contributed by atoms with Crippen LogP contribution >= 0.6 is 11.8 Å². The van der Waals surface area contributed by atoms with E-state index in [0.29, 0.717) is 16.4 Å². The highest BCUT2D eigenvalue weighted by atomic mass is 32.2. The Morgan fingerprint density at radius 1 is 0.941 bits per heavy atom. The first-order valence-corrected chi connectivity index (χ1v) is 11.8. The molecule has 4 aromatic rings. The van der Waals surface area contributed by atoms with Gasteiger partial charge in [0.1, 0.15) is 6.33 Å². The fourth-order valence-corrected chi connectivity index (χ4v) is 4.08.